The van der Waals surface area contributed by atoms with E-state index in [2.05, 4.69) is 26.5 Å². The molecule has 0 bridgehead atoms. The van der Waals surface area contributed by atoms with E-state index in [1.165, 1.54) is 51.4 Å². The van der Waals surface area contributed by atoms with Crippen LogP contribution in [0.5, 0.6) is 0 Å². The zero-order valence-electron chi connectivity index (χ0n) is 23.4. The van der Waals surface area contributed by atoms with Crippen molar-refractivity contribution in [2.75, 3.05) is 50.8 Å². The molecular weight excluding hydrogens is 486 g/mol. The smallest absolute Gasteiger partial charge is 0.294 e. The number of likely N-dealkylation sites (N-methyl/N-ethyl adjacent to an activating group) is 1. The van der Waals surface area contributed by atoms with Crippen molar-refractivity contribution in [1.29, 1.82) is 0 Å². The van der Waals surface area contributed by atoms with Gasteiger partial charge in [0, 0.05) is 38.9 Å². The Morgan fingerprint density at radius 1 is 0.921 bits per heavy atom. The van der Waals surface area contributed by atoms with Crippen LogP contribution in [0.3, 0.4) is 0 Å². The molecule has 1 aliphatic rings. The summed E-state index contributed by atoms with van der Waals surface area (Å²) in [5.41, 5.74) is 0.422. The summed E-state index contributed by atoms with van der Waals surface area (Å²) in [4.78, 5) is 36.0. The molecule has 0 radical (unpaired) electrons. The van der Waals surface area contributed by atoms with E-state index in [4.69, 9.17) is 0 Å². The number of rotatable bonds is 21. The molecule has 1 aromatic heterocycles. The number of unbranched alkanes of at least 4 members (excludes halogenated alkanes) is 13. The number of amides is 1. The van der Waals surface area contributed by atoms with Gasteiger partial charge in [0.25, 0.3) is 11.0 Å². The average molecular weight is 536 g/mol. The minimum atomic E-state index is -0.722. The van der Waals surface area contributed by atoms with E-state index in [9.17, 15) is 20.1 Å². The van der Waals surface area contributed by atoms with E-state index in [1.54, 1.807) is 12.3 Å². The number of hydrogen-bond acceptors (Lipinski definition) is 8. The van der Waals surface area contributed by atoms with E-state index in [1.807, 2.05) is 6.07 Å². The van der Waals surface area contributed by atoms with Gasteiger partial charge in [-0.15, -0.1) is 10.1 Å². The third kappa shape index (κ3) is 13.4. The molecule has 0 aliphatic carbocycles. The molecule has 1 amide bonds. The van der Waals surface area contributed by atoms with Crippen LogP contribution in [-0.4, -0.2) is 77.0 Å². The van der Waals surface area contributed by atoms with E-state index >= 15 is 0 Å². The first kappa shape index (κ1) is 31.8. The predicted octanol–water partition coefficient (Wildman–Crippen LogP) is 5.72. The Labute approximate surface area is 228 Å². The monoisotopic (exact) mass is 535 g/mol. The molecule has 0 aromatic carbocycles. The Morgan fingerprint density at radius 2 is 1.45 bits per heavy atom. The first-order chi connectivity index (χ1) is 18.5. The number of hydrogen-bond donors (Lipinski definition) is 1. The standard InChI is InChI=1S/C28H49N5O5/c1-2-30-20-22-31(23-21-30)27-18-17-26(25-29-27)28(34)32(35)19-15-13-11-9-7-5-3-4-6-8-10-12-14-16-24-38-33(36)37/h17-18,25,35H,2-16,19-24H2,1H3. The molecule has 0 saturated carbocycles. The average Bonchev–Trinajstić information content (AvgIpc) is 2.94. The summed E-state index contributed by atoms with van der Waals surface area (Å²) in [6.45, 7) is 7.74. The van der Waals surface area contributed by atoms with Gasteiger partial charge in [0.05, 0.1) is 12.2 Å². The second kappa shape index (κ2) is 19.6. The number of pyridine rings is 1. The van der Waals surface area contributed by atoms with Gasteiger partial charge in [-0.05, 0) is 31.5 Å². The normalized spacial score (nSPS) is 14.0. The maximum Gasteiger partial charge on any atom is 0.294 e. The molecule has 216 valence electrons. The highest BCUT2D eigenvalue weighted by molar-refractivity contribution is 5.93. The van der Waals surface area contributed by atoms with Crippen LogP contribution in [0.1, 0.15) is 107 Å². The summed E-state index contributed by atoms with van der Waals surface area (Å²) < 4.78 is 0. The minimum absolute atomic E-state index is 0.215. The second-order valence-corrected chi connectivity index (χ2v) is 10.3. The topological polar surface area (TPSA) is 112 Å². The number of carbonyl (C=O) groups is 1. The van der Waals surface area contributed by atoms with Crippen molar-refractivity contribution in [3.63, 3.8) is 0 Å². The number of piperazine rings is 1. The zero-order chi connectivity index (χ0) is 27.4. The number of nitrogens with zero attached hydrogens (tertiary/aromatic N) is 5. The minimum Gasteiger partial charge on any atom is -0.354 e. The summed E-state index contributed by atoms with van der Waals surface area (Å²) in [7, 11) is 0. The molecule has 2 rings (SSSR count). The molecule has 10 heteroatoms. The fourth-order valence-electron chi connectivity index (χ4n) is 4.87. The summed E-state index contributed by atoms with van der Waals surface area (Å²) >= 11 is 0. The maximum atomic E-state index is 12.5. The lowest BCUT2D eigenvalue weighted by molar-refractivity contribution is -0.757. The third-order valence-corrected chi connectivity index (χ3v) is 7.33. The molecule has 1 aliphatic heterocycles. The van der Waals surface area contributed by atoms with Crippen LogP contribution in [0.2, 0.25) is 0 Å². The van der Waals surface area contributed by atoms with Crippen molar-refractivity contribution in [3.8, 4) is 0 Å². The van der Waals surface area contributed by atoms with Crippen molar-refractivity contribution in [1.82, 2.24) is 14.9 Å². The number of carbonyl (C=O) groups excluding carboxylic acids is 1. The molecule has 1 N–H and O–H groups in total. The van der Waals surface area contributed by atoms with Gasteiger partial charge in [-0.1, -0.05) is 84.0 Å². The van der Waals surface area contributed by atoms with E-state index < -0.39 is 5.09 Å². The summed E-state index contributed by atoms with van der Waals surface area (Å²) in [5, 5.41) is 20.4. The van der Waals surface area contributed by atoms with Crippen molar-refractivity contribution in [3.05, 3.63) is 34.0 Å². The Morgan fingerprint density at radius 3 is 1.92 bits per heavy atom. The van der Waals surface area contributed by atoms with Crippen LogP contribution < -0.4 is 4.90 Å². The third-order valence-electron chi connectivity index (χ3n) is 7.33. The van der Waals surface area contributed by atoms with Gasteiger partial charge < -0.3 is 14.6 Å². The lowest BCUT2D eigenvalue weighted by Crippen LogP contribution is -2.46. The summed E-state index contributed by atoms with van der Waals surface area (Å²) in [6, 6.07) is 3.64. The molecule has 0 spiro atoms. The van der Waals surface area contributed by atoms with Gasteiger partial charge in [0.15, 0.2) is 0 Å². The Hall–Kier alpha value is -2.46. The predicted molar refractivity (Wildman–Crippen MR) is 149 cm³/mol. The van der Waals surface area contributed by atoms with E-state index in [0.717, 1.165) is 82.1 Å². The largest absolute Gasteiger partial charge is 0.354 e. The molecule has 1 saturated heterocycles. The highest BCUT2D eigenvalue weighted by atomic mass is 16.9. The maximum absolute atomic E-state index is 12.5. The van der Waals surface area contributed by atoms with Crippen LogP contribution >= 0.6 is 0 Å². The van der Waals surface area contributed by atoms with E-state index in [0.29, 0.717) is 12.1 Å². The fourth-order valence-corrected chi connectivity index (χ4v) is 4.87. The van der Waals surface area contributed by atoms with Crippen molar-refractivity contribution < 1.29 is 19.9 Å². The van der Waals surface area contributed by atoms with Crippen molar-refractivity contribution in [2.45, 2.75) is 96.8 Å². The number of aromatic nitrogens is 1. The molecule has 38 heavy (non-hydrogen) atoms. The fraction of sp³-hybridized carbons (Fsp3) is 0.786. The molecular formula is C28H49N5O5. The first-order valence-corrected chi connectivity index (χ1v) is 14.7. The Balaban J connectivity index is 1.41. The highest BCUT2D eigenvalue weighted by Crippen LogP contribution is 2.16. The second-order valence-electron chi connectivity index (χ2n) is 10.3. The van der Waals surface area contributed by atoms with Crippen LogP contribution in [0.25, 0.3) is 0 Å². The summed E-state index contributed by atoms with van der Waals surface area (Å²) in [5.74, 6) is 0.501. The van der Waals surface area contributed by atoms with Gasteiger partial charge in [-0.25, -0.2) is 10.0 Å². The molecule has 0 atom stereocenters. The Kier molecular flexibility index (Phi) is 16.4. The molecule has 1 aromatic rings. The quantitative estimate of drug-likeness (QED) is 0.0920. The molecule has 10 nitrogen and oxygen atoms in total. The van der Waals surface area contributed by atoms with Gasteiger partial charge in [-0.3, -0.25) is 10.0 Å². The van der Waals surface area contributed by atoms with Crippen molar-refractivity contribution in [2.24, 2.45) is 0 Å². The lowest BCUT2D eigenvalue weighted by Gasteiger charge is -2.34. The first-order valence-electron chi connectivity index (χ1n) is 14.7. The van der Waals surface area contributed by atoms with Gasteiger partial charge in [0.1, 0.15) is 5.82 Å². The van der Waals surface area contributed by atoms with Gasteiger partial charge >= 0.3 is 0 Å². The Bertz CT molecular complexity index is 771. The van der Waals surface area contributed by atoms with Crippen LogP contribution in [0.4, 0.5) is 5.82 Å². The number of anilines is 1. The van der Waals surface area contributed by atoms with Crippen molar-refractivity contribution >= 4 is 11.7 Å². The lowest BCUT2D eigenvalue weighted by atomic mass is 10.0. The molecule has 0 unspecified atom stereocenters. The van der Waals surface area contributed by atoms with Gasteiger partial charge in [0.2, 0.25) is 0 Å². The zero-order valence-corrected chi connectivity index (χ0v) is 23.4. The van der Waals surface area contributed by atoms with Crippen LogP contribution in [0.15, 0.2) is 18.3 Å². The van der Waals surface area contributed by atoms with E-state index in [-0.39, 0.29) is 12.5 Å². The van der Waals surface area contributed by atoms with Gasteiger partial charge in [-0.2, -0.15) is 0 Å². The summed E-state index contributed by atoms with van der Waals surface area (Å²) in [6.07, 6.45) is 17.3. The van der Waals surface area contributed by atoms with Crippen LogP contribution in [-0.2, 0) is 4.84 Å². The highest BCUT2D eigenvalue weighted by Gasteiger charge is 2.18. The molecule has 1 fully saturated rings. The SMILES string of the molecule is CCN1CCN(c2ccc(C(=O)N(O)CCCCCCCCCCCCCCCCO[N+](=O)[O-])cn2)CC1. The van der Waals surface area contributed by atoms with Crippen LogP contribution in [0, 0.1) is 10.1 Å². The number of hydroxylamine groups is 2. The molecule has 2 heterocycles.